The molecule has 0 bridgehead atoms. The van der Waals surface area contributed by atoms with E-state index >= 15 is 0 Å². The summed E-state index contributed by atoms with van der Waals surface area (Å²) >= 11 is 0. The van der Waals surface area contributed by atoms with Crippen molar-refractivity contribution in [3.05, 3.63) is 42.5 Å². The van der Waals surface area contributed by atoms with Crippen LogP contribution < -0.4 is 10.1 Å². The smallest absolute Gasteiger partial charge is 0.407 e. The number of hydrogen-bond acceptors (Lipinski definition) is 3. The molecule has 1 aromatic rings. The molecule has 2 atom stereocenters. The molecule has 1 rings (SSSR count). The molecular formula is C14H19NO3. The number of nitrogens with one attached hydrogen (secondary N) is 1. The Kier molecular flexibility index (Phi) is 5.24. The van der Waals surface area contributed by atoms with E-state index < -0.39 is 6.09 Å². The van der Waals surface area contributed by atoms with Crippen LogP contribution in [0, 0.1) is 5.92 Å². The first-order valence-corrected chi connectivity index (χ1v) is 5.73. The predicted octanol–water partition coefficient (Wildman–Crippen LogP) is 2.91. The average Bonchev–Trinajstić information content (AvgIpc) is 2.43. The second-order valence-electron chi connectivity index (χ2n) is 3.98. The van der Waals surface area contributed by atoms with E-state index in [1.807, 2.05) is 31.2 Å². The number of amides is 1. The number of methoxy groups -OCH3 is 2. The molecule has 0 aromatic heterocycles. The first kappa shape index (κ1) is 14.1. The normalized spacial score (nSPS) is 13.3. The summed E-state index contributed by atoms with van der Waals surface area (Å²) in [5, 5.41) is 2.80. The van der Waals surface area contributed by atoms with E-state index in [1.54, 1.807) is 13.2 Å². The lowest BCUT2D eigenvalue weighted by Gasteiger charge is -2.22. The van der Waals surface area contributed by atoms with Gasteiger partial charge >= 0.3 is 6.09 Å². The molecule has 1 aromatic carbocycles. The second-order valence-corrected chi connectivity index (χ2v) is 3.98. The Morgan fingerprint density at radius 2 is 1.94 bits per heavy atom. The SMILES string of the molecule is C=C[C@@H](C)[C@@H](NC(=O)OC)c1ccc(OC)cc1. The first-order chi connectivity index (χ1) is 8.62. The van der Waals surface area contributed by atoms with Gasteiger partial charge in [0.15, 0.2) is 0 Å². The topological polar surface area (TPSA) is 47.6 Å². The molecule has 1 N–H and O–H groups in total. The van der Waals surface area contributed by atoms with Crippen molar-refractivity contribution in [2.24, 2.45) is 5.92 Å². The Morgan fingerprint density at radius 1 is 1.33 bits per heavy atom. The van der Waals surface area contributed by atoms with Crippen LogP contribution >= 0.6 is 0 Å². The molecule has 0 aliphatic rings. The summed E-state index contributed by atoms with van der Waals surface area (Å²) in [6, 6.07) is 7.38. The number of carbonyl (C=O) groups is 1. The molecule has 0 fully saturated rings. The van der Waals surface area contributed by atoms with E-state index in [9.17, 15) is 4.79 Å². The Bertz CT molecular complexity index is 400. The molecule has 18 heavy (non-hydrogen) atoms. The van der Waals surface area contributed by atoms with Crippen LogP contribution in [-0.4, -0.2) is 20.3 Å². The molecule has 0 radical (unpaired) electrons. The number of ether oxygens (including phenoxy) is 2. The van der Waals surface area contributed by atoms with Gasteiger partial charge in [-0.2, -0.15) is 0 Å². The summed E-state index contributed by atoms with van der Waals surface area (Å²) in [5.74, 6) is 0.874. The van der Waals surface area contributed by atoms with Gasteiger partial charge in [0.2, 0.25) is 0 Å². The van der Waals surface area contributed by atoms with Crippen molar-refractivity contribution in [2.75, 3.05) is 14.2 Å². The molecule has 98 valence electrons. The second kappa shape index (κ2) is 6.69. The number of hydrogen-bond donors (Lipinski definition) is 1. The molecule has 1 amide bonds. The van der Waals surface area contributed by atoms with E-state index in [1.165, 1.54) is 7.11 Å². The van der Waals surface area contributed by atoms with E-state index in [2.05, 4.69) is 16.6 Å². The van der Waals surface area contributed by atoms with Crippen molar-refractivity contribution in [2.45, 2.75) is 13.0 Å². The lowest BCUT2D eigenvalue weighted by molar-refractivity contribution is 0.164. The summed E-state index contributed by atoms with van der Waals surface area (Å²) in [6.07, 6.45) is 1.34. The molecule has 0 aliphatic heterocycles. The fraction of sp³-hybridized carbons (Fsp3) is 0.357. The van der Waals surface area contributed by atoms with Gasteiger partial charge in [-0.05, 0) is 23.6 Å². The van der Waals surface area contributed by atoms with Crippen LogP contribution in [-0.2, 0) is 4.74 Å². The summed E-state index contributed by atoms with van der Waals surface area (Å²) in [4.78, 5) is 11.3. The summed E-state index contributed by atoms with van der Waals surface area (Å²) in [7, 11) is 2.96. The lowest BCUT2D eigenvalue weighted by Crippen LogP contribution is -2.31. The van der Waals surface area contributed by atoms with Crippen molar-refractivity contribution < 1.29 is 14.3 Å². The van der Waals surface area contributed by atoms with Crippen LogP contribution in [0.5, 0.6) is 5.75 Å². The van der Waals surface area contributed by atoms with Gasteiger partial charge in [-0.25, -0.2) is 4.79 Å². The van der Waals surface area contributed by atoms with Crippen LogP contribution in [0.2, 0.25) is 0 Å². The van der Waals surface area contributed by atoms with Crippen molar-refractivity contribution in [3.8, 4) is 5.75 Å². The van der Waals surface area contributed by atoms with Gasteiger partial charge in [-0.3, -0.25) is 0 Å². The van der Waals surface area contributed by atoms with Gasteiger partial charge in [0.05, 0.1) is 20.3 Å². The summed E-state index contributed by atoms with van der Waals surface area (Å²) < 4.78 is 9.74. The van der Waals surface area contributed by atoms with E-state index in [4.69, 9.17) is 4.74 Å². The quantitative estimate of drug-likeness (QED) is 0.816. The van der Waals surface area contributed by atoms with Gasteiger partial charge in [-0.15, -0.1) is 6.58 Å². The predicted molar refractivity (Wildman–Crippen MR) is 70.6 cm³/mol. The third-order valence-corrected chi connectivity index (χ3v) is 2.83. The highest BCUT2D eigenvalue weighted by Crippen LogP contribution is 2.24. The van der Waals surface area contributed by atoms with Crippen LogP contribution in [0.1, 0.15) is 18.5 Å². The molecule has 0 heterocycles. The minimum atomic E-state index is -0.454. The summed E-state index contributed by atoms with van der Waals surface area (Å²) in [5.41, 5.74) is 0.980. The molecule has 0 unspecified atom stereocenters. The monoisotopic (exact) mass is 249 g/mol. The molecular weight excluding hydrogens is 230 g/mol. The molecule has 0 saturated heterocycles. The third kappa shape index (κ3) is 3.52. The van der Waals surface area contributed by atoms with Crippen molar-refractivity contribution in [1.82, 2.24) is 5.32 Å². The van der Waals surface area contributed by atoms with Crippen LogP contribution in [0.25, 0.3) is 0 Å². The Labute approximate surface area is 108 Å². The molecule has 4 heteroatoms. The largest absolute Gasteiger partial charge is 0.497 e. The Hall–Kier alpha value is -1.97. The number of alkyl carbamates (subject to hydrolysis) is 1. The van der Waals surface area contributed by atoms with E-state index in [0.29, 0.717) is 0 Å². The Morgan fingerprint density at radius 3 is 2.39 bits per heavy atom. The van der Waals surface area contributed by atoms with Crippen molar-refractivity contribution >= 4 is 6.09 Å². The van der Waals surface area contributed by atoms with Crippen molar-refractivity contribution in [1.29, 1.82) is 0 Å². The van der Waals surface area contributed by atoms with Gasteiger partial charge in [0.25, 0.3) is 0 Å². The minimum Gasteiger partial charge on any atom is -0.497 e. The highest BCUT2D eigenvalue weighted by atomic mass is 16.5. The maximum absolute atomic E-state index is 11.3. The van der Waals surface area contributed by atoms with Crippen LogP contribution in [0.15, 0.2) is 36.9 Å². The Balaban J connectivity index is 2.93. The lowest BCUT2D eigenvalue weighted by atomic mass is 9.94. The number of carbonyl (C=O) groups excluding carboxylic acids is 1. The molecule has 0 aliphatic carbocycles. The van der Waals surface area contributed by atoms with Crippen LogP contribution in [0.4, 0.5) is 4.79 Å². The van der Waals surface area contributed by atoms with Gasteiger partial charge in [-0.1, -0.05) is 25.1 Å². The highest BCUT2D eigenvalue weighted by molar-refractivity contribution is 5.67. The van der Waals surface area contributed by atoms with Gasteiger partial charge < -0.3 is 14.8 Å². The van der Waals surface area contributed by atoms with Gasteiger partial charge in [0.1, 0.15) is 5.75 Å². The first-order valence-electron chi connectivity index (χ1n) is 5.73. The fourth-order valence-electron chi connectivity index (χ4n) is 1.65. The number of benzene rings is 1. The fourth-order valence-corrected chi connectivity index (χ4v) is 1.65. The molecule has 0 saturated carbocycles. The maximum atomic E-state index is 11.3. The maximum Gasteiger partial charge on any atom is 0.407 e. The van der Waals surface area contributed by atoms with E-state index in [0.717, 1.165) is 11.3 Å². The zero-order valence-corrected chi connectivity index (χ0v) is 11.0. The zero-order valence-electron chi connectivity index (χ0n) is 11.0. The standard InChI is InChI=1S/C14H19NO3/c1-5-10(2)13(15-14(16)18-4)11-6-8-12(17-3)9-7-11/h5-10,13H,1H2,2-4H3,(H,15,16)/t10-,13-/m1/s1. The average molecular weight is 249 g/mol. The van der Waals surface area contributed by atoms with E-state index in [-0.39, 0.29) is 12.0 Å². The van der Waals surface area contributed by atoms with Crippen molar-refractivity contribution in [3.63, 3.8) is 0 Å². The highest BCUT2D eigenvalue weighted by Gasteiger charge is 2.19. The number of rotatable bonds is 5. The van der Waals surface area contributed by atoms with Gasteiger partial charge in [0, 0.05) is 0 Å². The third-order valence-electron chi connectivity index (χ3n) is 2.83. The zero-order chi connectivity index (χ0) is 13.5. The van der Waals surface area contributed by atoms with Crippen LogP contribution in [0.3, 0.4) is 0 Å². The molecule has 4 nitrogen and oxygen atoms in total. The summed E-state index contributed by atoms with van der Waals surface area (Å²) in [6.45, 7) is 5.74. The minimum absolute atomic E-state index is 0.0949. The molecule has 0 spiro atoms.